The minimum Gasteiger partial charge on any atom is -0.493 e. The van der Waals surface area contributed by atoms with Crippen molar-refractivity contribution in [2.45, 2.75) is 13.5 Å². The molecule has 2 aromatic heterocycles. The van der Waals surface area contributed by atoms with Gasteiger partial charge in [0.25, 0.3) is 0 Å². The van der Waals surface area contributed by atoms with Gasteiger partial charge in [-0.15, -0.1) is 16.5 Å². The lowest BCUT2D eigenvalue weighted by molar-refractivity contribution is 0.341. The Balaban J connectivity index is 1.76. The van der Waals surface area contributed by atoms with Crippen molar-refractivity contribution in [3.63, 3.8) is 0 Å². The van der Waals surface area contributed by atoms with Gasteiger partial charge in [-0.25, -0.2) is 14.4 Å². The predicted molar refractivity (Wildman–Crippen MR) is 113 cm³/mol. The lowest BCUT2D eigenvalue weighted by atomic mass is 10.1. The Morgan fingerprint density at radius 3 is 2.83 bits per heavy atom. The first-order valence-electron chi connectivity index (χ1n) is 9.23. The fraction of sp³-hybridized carbons (Fsp3) is 0.136. The summed E-state index contributed by atoms with van der Waals surface area (Å²) in [7, 11) is 0. The minimum absolute atomic E-state index is 0.222. The summed E-state index contributed by atoms with van der Waals surface area (Å²) in [6.45, 7) is 2.65. The van der Waals surface area contributed by atoms with Crippen LogP contribution in [0.5, 0.6) is 5.75 Å². The SMILES string of the molecule is CCOc1ccccc1-c1sc2c(N=NCc3cccc(F)c3)ncnc2c1C#N. The molecule has 0 aliphatic rings. The molecular weight excluding hydrogens is 401 g/mol. The van der Waals surface area contributed by atoms with Crippen LogP contribution in [0.1, 0.15) is 18.1 Å². The van der Waals surface area contributed by atoms with Crippen molar-refractivity contribution in [3.05, 3.63) is 71.8 Å². The summed E-state index contributed by atoms with van der Waals surface area (Å²) in [5.41, 5.74) is 2.51. The zero-order valence-corrected chi connectivity index (χ0v) is 16.9. The molecule has 0 unspecified atom stereocenters. The molecule has 0 fully saturated rings. The summed E-state index contributed by atoms with van der Waals surface area (Å²) in [6.07, 6.45) is 1.37. The Bertz CT molecular complexity index is 1280. The van der Waals surface area contributed by atoms with E-state index in [-0.39, 0.29) is 12.4 Å². The Morgan fingerprint density at radius 1 is 1.17 bits per heavy atom. The maximum Gasteiger partial charge on any atom is 0.195 e. The lowest BCUT2D eigenvalue weighted by Gasteiger charge is -2.08. The highest BCUT2D eigenvalue weighted by atomic mass is 32.1. The van der Waals surface area contributed by atoms with E-state index in [9.17, 15) is 9.65 Å². The van der Waals surface area contributed by atoms with Crippen molar-refractivity contribution in [3.8, 4) is 22.3 Å². The molecule has 4 aromatic rings. The van der Waals surface area contributed by atoms with Crippen LogP contribution >= 0.6 is 11.3 Å². The number of nitrogens with zero attached hydrogens (tertiary/aromatic N) is 5. The van der Waals surface area contributed by atoms with Crippen molar-refractivity contribution in [1.29, 1.82) is 5.26 Å². The van der Waals surface area contributed by atoms with E-state index in [1.807, 2.05) is 31.2 Å². The maximum absolute atomic E-state index is 13.3. The van der Waals surface area contributed by atoms with E-state index < -0.39 is 0 Å². The first kappa shape index (κ1) is 19.6. The van der Waals surface area contributed by atoms with Crippen molar-refractivity contribution in [1.82, 2.24) is 9.97 Å². The van der Waals surface area contributed by atoms with Gasteiger partial charge in [0.15, 0.2) is 5.82 Å². The second kappa shape index (κ2) is 8.76. The third-order valence-corrected chi connectivity index (χ3v) is 5.51. The highest BCUT2D eigenvalue weighted by Gasteiger charge is 2.20. The molecular formula is C22H16FN5OS. The van der Waals surface area contributed by atoms with E-state index in [1.54, 1.807) is 12.1 Å². The van der Waals surface area contributed by atoms with Crippen LogP contribution in [0, 0.1) is 17.1 Å². The van der Waals surface area contributed by atoms with Crippen LogP contribution in [-0.4, -0.2) is 16.6 Å². The molecule has 0 radical (unpaired) electrons. The summed E-state index contributed by atoms with van der Waals surface area (Å²) in [6, 6.07) is 16.0. The number of rotatable bonds is 6. The van der Waals surface area contributed by atoms with Crippen molar-refractivity contribution in [2.75, 3.05) is 6.61 Å². The van der Waals surface area contributed by atoms with Gasteiger partial charge in [-0.05, 0) is 36.8 Å². The van der Waals surface area contributed by atoms with Crippen LogP contribution in [-0.2, 0) is 6.54 Å². The highest BCUT2D eigenvalue weighted by molar-refractivity contribution is 7.23. The Kier molecular flexibility index (Phi) is 5.72. The number of benzene rings is 2. The number of ether oxygens (including phenoxy) is 1. The van der Waals surface area contributed by atoms with Crippen LogP contribution in [0.2, 0.25) is 0 Å². The van der Waals surface area contributed by atoms with E-state index in [1.165, 1.54) is 29.8 Å². The van der Waals surface area contributed by atoms with Gasteiger partial charge in [-0.2, -0.15) is 10.4 Å². The highest BCUT2D eigenvalue weighted by Crippen LogP contribution is 2.43. The van der Waals surface area contributed by atoms with Crippen molar-refractivity contribution in [2.24, 2.45) is 10.2 Å². The van der Waals surface area contributed by atoms with Gasteiger partial charge in [0.1, 0.15) is 34.2 Å². The second-order valence-electron chi connectivity index (χ2n) is 6.25. The first-order chi connectivity index (χ1) is 14.7. The largest absolute Gasteiger partial charge is 0.493 e. The number of azo groups is 1. The van der Waals surface area contributed by atoms with Crippen LogP contribution in [0.3, 0.4) is 0 Å². The summed E-state index contributed by atoms with van der Waals surface area (Å²) < 4.78 is 19.7. The molecule has 2 heterocycles. The molecule has 0 aliphatic carbocycles. The van der Waals surface area contributed by atoms with E-state index in [0.29, 0.717) is 39.5 Å². The van der Waals surface area contributed by atoms with E-state index in [0.717, 1.165) is 10.4 Å². The number of hydrogen-bond donors (Lipinski definition) is 0. The molecule has 0 N–H and O–H groups in total. The number of nitriles is 1. The topological polar surface area (TPSA) is 83.5 Å². The molecule has 0 aliphatic heterocycles. The first-order valence-corrected chi connectivity index (χ1v) is 10.0. The molecule has 6 nitrogen and oxygen atoms in total. The molecule has 0 amide bonds. The van der Waals surface area contributed by atoms with Gasteiger partial charge in [-0.1, -0.05) is 24.3 Å². The zero-order chi connectivity index (χ0) is 20.9. The standard InChI is InChI=1S/C22H16FN5OS/c1-2-29-18-9-4-3-8-16(18)20-17(11-24)19-21(30-20)22(26-13-25-19)28-27-12-14-6-5-7-15(23)10-14/h3-10,13H,2,12H2,1H3. The normalized spacial score (nSPS) is 11.1. The molecule has 8 heteroatoms. The molecule has 0 spiro atoms. The van der Waals surface area contributed by atoms with E-state index >= 15 is 0 Å². The second-order valence-corrected chi connectivity index (χ2v) is 7.27. The van der Waals surface area contributed by atoms with Gasteiger partial charge in [0.05, 0.1) is 23.6 Å². The summed E-state index contributed by atoms with van der Waals surface area (Å²) in [5, 5.41) is 18.2. The monoisotopic (exact) mass is 417 g/mol. The van der Waals surface area contributed by atoms with Gasteiger partial charge in [0, 0.05) is 5.56 Å². The molecule has 2 aromatic carbocycles. The lowest BCUT2D eigenvalue weighted by Crippen LogP contribution is -1.93. The molecule has 30 heavy (non-hydrogen) atoms. The van der Waals surface area contributed by atoms with Crippen LogP contribution in [0.4, 0.5) is 10.2 Å². The Labute approximate surface area is 176 Å². The molecule has 4 rings (SSSR count). The maximum atomic E-state index is 13.3. The number of para-hydroxylation sites is 1. The Morgan fingerprint density at radius 2 is 2.03 bits per heavy atom. The van der Waals surface area contributed by atoms with Gasteiger partial charge >= 0.3 is 0 Å². The molecule has 0 saturated carbocycles. The molecule has 0 atom stereocenters. The fourth-order valence-corrected chi connectivity index (χ4v) is 4.18. The number of thiophene rings is 1. The van der Waals surface area contributed by atoms with Crippen LogP contribution < -0.4 is 4.74 Å². The van der Waals surface area contributed by atoms with Crippen molar-refractivity contribution >= 4 is 27.4 Å². The molecule has 148 valence electrons. The zero-order valence-electron chi connectivity index (χ0n) is 16.0. The van der Waals surface area contributed by atoms with Crippen LogP contribution in [0.25, 0.3) is 20.7 Å². The van der Waals surface area contributed by atoms with Gasteiger partial charge in [-0.3, -0.25) is 0 Å². The average Bonchev–Trinajstić information content (AvgIpc) is 3.14. The van der Waals surface area contributed by atoms with E-state index in [2.05, 4.69) is 26.3 Å². The quantitative estimate of drug-likeness (QED) is 0.357. The van der Waals surface area contributed by atoms with Gasteiger partial charge in [0.2, 0.25) is 0 Å². The third-order valence-electron chi connectivity index (χ3n) is 4.30. The van der Waals surface area contributed by atoms with Crippen molar-refractivity contribution < 1.29 is 9.13 Å². The summed E-state index contributed by atoms with van der Waals surface area (Å²) in [4.78, 5) is 9.27. The summed E-state index contributed by atoms with van der Waals surface area (Å²) >= 11 is 1.38. The Hall–Kier alpha value is -3.70. The van der Waals surface area contributed by atoms with Crippen LogP contribution in [0.15, 0.2) is 65.1 Å². The average molecular weight is 417 g/mol. The molecule has 0 saturated heterocycles. The van der Waals surface area contributed by atoms with E-state index in [4.69, 9.17) is 4.74 Å². The predicted octanol–water partition coefficient (Wildman–Crippen LogP) is 6.05. The minimum atomic E-state index is -0.318. The molecule has 0 bridgehead atoms. The number of halogens is 1. The van der Waals surface area contributed by atoms with Gasteiger partial charge < -0.3 is 4.74 Å². The smallest absolute Gasteiger partial charge is 0.195 e. The number of aromatic nitrogens is 2. The summed E-state index contributed by atoms with van der Waals surface area (Å²) in [5.74, 6) is 0.755. The fourth-order valence-electron chi connectivity index (χ4n) is 3.02. The number of hydrogen-bond acceptors (Lipinski definition) is 7. The number of fused-ring (bicyclic) bond motifs is 1. The third kappa shape index (κ3) is 3.88.